The Hall–Kier alpha value is -3.70. The number of hydrogen-bond donors (Lipinski definition) is 3. The highest BCUT2D eigenvalue weighted by Crippen LogP contribution is 2.37. The quantitative estimate of drug-likeness (QED) is 0.339. The summed E-state index contributed by atoms with van der Waals surface area (Å²) in [6, 6.07) is 9.41. The van der Waals surface area contributed by atoms with Crippen molar-refractivity contribution in [2.45, 2.75) is 18.4 Å². The van der Waals surface area contributed by atoms with Crippen LogP contribution in [0.5, 0.6) is 0 Å². The maximum Gasteiger partial charge on any atom is 0.296 e. The van der Waals surface area contributed by atoms with Crippen molar-refractivity contribution in [3.63, 3.8) is 0 Å². The largest absolute Gasteiger partial charge is 0.379 e. The number of rotatable bonds is 6. The zero-order valence-corrected chi connectivity index (χ0v) is 18.8. The summed E-state index contributed by atoms with van der Waals surface area (Å²) in [6.45, 7) is -0.519. The third-order valence-corrected chi connectivity index (χ3v) is 5.89. The summed E-state index contributed by atoms with van der Waals surface area (Å²) < 4.78 is 59.5. The van der Waals surface area contributed by atoms with E-state index < -0.39 is 41.2 Å². The van der Waals surface area contributed by atoms with Gasteiger partial charge in [-0.2, -0.15) is 4.98 Å². The summed E-state index contributed by atoms with van der Waals surface area (Å²) in [5.74, 6) is -6.81. The molecule has 0 aliphatic heterocycles. The Kier molecular flexibility index (Phi) is 6.16. The van der Waals surface area contributed by atoms with E-state index in [1.54, 1.807) is 0 Å². The smallest absolute Gasteiger partial charge is 0.296 e. The maximum absolute atomic E-state index is 15.3. The topological polar surface area (TPSA) is 106 Å². The molecule has 4 rings (SSSR count). The highest BCUT2D eigenvalue weighted by atomic mass is 35.5. The summed E-state index contributed by atoms with van der Waals surface area (Å²) >= 11 is 6.02. The standard InChI is InChI=1S/C23H18ClF4N5O2/c1-22(35,13-2-4-14(25)5-3-13)23(27,28)11-30-20(34)18-16(24)7-6-15(19(18)26)12-8-9-33-17(10-12)31-21(29)32-33/h2-10,35H,11H2,1H3,(H2,29,32)(H,30,34)/t22-/m0/s1. The lowest BCUT2D eigenvalue weighted by molar-refractivity contribution is -0.173. The lowest BCUT2D eigenvalue weighted by Gasteiger charge is -2.33. The van der Waals surface area contributed by atoms with Gasteiger partial charge >= 0.3 is 0 Å². The first kappa shape index (κ1) is 24.4. The van der Waals surface area contributed by atoms with E-state index in [9.17, 15) is 23.1 Å². The second-order valence-corrected chi connectivity index (χ2v) is 8.35. The number of pyridine rings is 1. The molecule has 1 amide bonds. The second-order valence-electron chi connectivity index (χ2n) is 7.94. The first-order valence-electron chi connectivity index (χ1n) is 10.2. The third kappa shape index (κ3) is 4.52. The Bertz CT molecular complexity index is 1420. The average Bonchev–Trinajstić information content (AvgIpc) is 3.17. The highest BCUT2D eigenvalue weighted by Gasteiger charge is 2.50. The number of amides is 1. The minimum atomic E-state index is -3.90. The number of anilines is 1. The molecule has 0 aliphatic carbocycles. The lowest BCUT2D eigenvalue weighted by Crippen LogP contribution is -2.50. The fourth-order valence-electron chi connectivity index (χ4n) is 3.49. The van der Waals surface area contributed by atoms with Crippen LogP contribution in [-0.4, -0.2) is 38.1 Å². The number of nitrogens with zero attached hydrogens (tertiary/aromatic N) is 3. The van der Waals surface area contributed by atoms with Crippen LogP contribution in [0.25, 0.3) is 16.8 Å². The third-order valence-electron chi connectivity index (χ3n) is 5.57. The second kappa shape index (κ2) is 8.82. The minimum Gasteiger partial charge on any atom is -0.379 e. The predicted molar refractivity (Wildman–Crippen MR) is 121 cm³/mol. The molecule has 0 radical (unpaired) electrons. The van der Waals surface area contributed by atoms with Crippen molar-refractivity contribution in [2.24, 2.45) is 0 Å². The van der Waals surface area contributed by atoms with E-state index in [1.807, 2.05) is 5.32 Å². The number of fused-ring (bicyclic) bond motifs is 1. The van der Waals surface area contributed by atoms with Crippen LogP contribution in [-0.2, 0) is 5.60 Å². The molecule has 12 heteroatoms. The van der Waals surface area contributed by atoms with Crippen LogP contribution in [0.4, 0.5) is 23.5 Å². The van der Waals surface area contributed by atoms with Crippen molar-refractivity contribution < 1.29 is 27.5 Å². The van der Waals surface area contributed by atoms with Crippen LogP contribution in [0.2, 0.25) is 5.02 Å². The van der Waals surface area contributed by atoms with E-state index in [1.165, 1.54) is 35.0 Å². The van der Waals surface area contributed by atoms with Gasteiger partial charge in [-0.3, -0.25) is 4.79 Å². The van der Waals surface area contributed by atoms with Crippen LogP contribution in [0, 0.1) is 11.6 Å². The van der Waals surface area contributed by atoms with Crippen molar-refractivity contribution in [1.29, 1.82) is 0 Å². The van der Waals surface area contributed by atoms with Crippen molar-refractivity contribution in [2.75, 3.05) is 12.3 Å². The number of alkyl halides is 2. The maximum atomic E-state index is 15.3. The Balaban J connectivity index is 1.60. The molecule has 2 aromatic carbocycles. The molecular formula is C23H18ClF4N5O2. The van der Waals surface area contributed by atoms with Crippen molar-refractivity contribution >= 4 is 29.1 Å². The van der Waals surface area contributed by atoms with E-state index in [4.69, 9.17) is 17.3 Å². The van der Waals surface area contributed by atoms with E-state index in [-0.39, 0.29) is 22.1 Å². The number of hydrogen-bond acceptors (Lipinski definition) is 5. The van der Waals surface area contributed by atoms with E-state index in [0.29, 0.717) is 11.2 Å². The summed E-state index contributed by atoms with van der Waals surface area (Å²) in [4.78, 5) is 16.7. The normalized spacial score (nSPS) is 13.6. The lowest BCUT2D eigenvalue weighted by atomic mass is 9.89. The van der Waals surface area contributed by atoms with Gasteiger partial charge in [-0.1, -0.05) is 23.7 Å². The van der Waals surface area contributed by atoms with E-state index in [0.717, 1.165) is 31.2 Å². The van der Waals surface area contributed by atoms with Gasteiger partial charge in [0.1, 0.15) is 11.6 Å². The summed E-state index contributed by atoms with van der Waals surface area (Å²) in [5, 5.41) is 16.0. The van der Waals surface area contributed by atoms with Gasteiger partial charge in [0.2, 0.25) is 5.95 Å². The number of benzene rings is 2. The first-order chi connectivity index (χ1) is 16.4. The number of halogens is 5. The van der Waals surface area contributed by atoms with E-state index in [2.05, 4.69) is 10.1 Å². The molecule has 4 N–H and O–H groups in total. The van der Waals surface area contributed by atoms with Crippen molar-refractivity contribution in [3.8, 4) is 11.1 Å². The Morgan fingerprint density at radius 2 is 1.86 bits per heavy atom. The number of nitrogens with one attached hydrogen (secondary N) is 1. The van der Waals surface area contributed by atoms with Gasteiger partial charge in [-0.15, -0.1) is 5.10 Å². The van der Waals surface area contributed by atoms with Crippen molar-refractivity contribution in [3.05, 3.63) is 82.5 Å². The van der Waals surface area contributed by atoms with Crippen LogP contribution in [0.3, 0.4) is 0 Å². The molecular weight excluding hydrogens is 490 g/mol. The molecule has 0 saturated carbocycles. The fraction of sp³-hybridized carbons (Fsp3) is 0.174. The average molecular weight is 508 g/mol. The molecule has 182 valence electrons. The van der Waals surface area contributed by atoms with Gasteiger partial charge < -0.3 is 16.2 Å². The van der Waals surface area contributed by atoms with Crippen LogP contribution >= 0.6 is 11.6 Å². The molecule has 1 atom stereocenters. The molecule has 0 fully saturated rings. The number of nitrogens with two attached hydrogens (primary N) is 1. The van der Waals surface area contributed by atoms with Crippen molar-refractivity contribution in [1.82, 2.24) is 19.9 Å². The number of carbonyl (C=O) groups excluding carboxylic acids is 1. The molecule has 2 heterocycles. The SMILES string of the molecule is C[C@](O)(c1ccc(F)cc1)C(F)(F)CNC(=O)c1c(Cl)ccc(-c2ccn3nc(N)nc3c2)c1F. The zero-order chi connectivity index (χ0) is 25.5. The van der Waals surface area contributed by atoms with Gasteiger partial charge in [0.25, 0.3) is 11.8 Å². The Morgan fingerprint density at radius 1 is 1.17 bits per heavy atom. The van der Waals surface area contributed by atoms with Crippen LogP contribution in [0.15, 0.2) is 54.7 Å². The number of aromatic nitrogens is 3. The van der Waals surface area contributed by atoms with Gasteiger partial charge in [-0.25, -0.2) is 22.1 Å². The Morgan fingerprint density at radius 3 is 2.54 bits per heavy atom. The molecule has 0 aliphatic rings. The monoisotopic (exact) mass is 507 g/mol. The Labute approximate surface area is 201 Å². The van der Waals surface area contributed by atoms with Gasteiger partial charge in [0, 0.05) is 11.8 Å². The zero-order valence-electron chi connectivity index (χ0n) is 18.1. The molecule has 2 aromatic heterocycles. The molecule has 0 spiro atoms. The van der Waals surface area contributed by atoms with Gasteiger partial charge in [-0.05, 0) is 54.4 Å². The van der Waals surface area contributed by atoms with Gasteiger partial charge in [0.15, 0.2) is 11.2 Å². The molecule has 35 heavy (non-hydrogen) atoms. The fourth-order valence-corrected chi connectivity index (χ4v) is 3.72. The minimum absolute atomic E-state index is 0.0104. The summed E-state index contributed by atoms with van der Waals surface area (Å²) in [7, 11) is 0. The molecule has 0 unspecified atom stereocenters. The number of carbonyl (C=O) groups is 1. The van der Waals surface area contributed by atoms with E-state index >= 15 is 4.39 Å². The number of aliphatic hydroxyl groups is 1. The van der Waals surface area contributed by atoms with Crippen LogP contribution in [0.1, 0.15) is 22.8 Å². The van der Waals surface area contributed by atoms with Gasteiger partial charge in [0.05, 0.1) is 17.1 Å². The summed E-state index contributed by atoms with van der Waals surface area (Å²) in [5.41, 5.74) is 2.48. The summed E-state index contributed by atoms with van der Waals surface area (Å²) in [6.07, 6.45) is 1.49. The van der Waals surface area contributed by atoms with Crippen LogP contribution < -0.4 is 11.1 Å². The molecule has 0 saturated heterocycles. The molecule has 0 bridgehead atoms. The molecule has 7 nitrogen and oxygen atoms in total. The number of nitrogen functional groups attached to an aromatic ring is 1. The molecule has 4 aromatic rings. The highest BCUT2D eigenvalue weighted by molar-refractivity contribution is 6.34. The first-order valence-corrected chi connectivity index (χ1v) is 10.5. The predicted octanol–water partition coefficient (Wildman–Crippen LogP) is 4.18.